The van der Waals surface area contributed by atoms with Gasteiger partial charge >= 0.3 is 0 Å². The summed E-state index contributed by atoms with van der Waals surface area (Å²) in [6.45, 7) is 0. The van der Waals surface area contributed by atoms with Crippen LogP contribution in [0.3, 0.4) is 0 Å². The molecule has 2 aromatic rings. The van der Waals surface area contributed by atoms with Crippen molar-refractivity contribution in [3.63, 3.8) is 0 Å². The van der Waals surface area contributed by atoms with Gasteiger partial charge in [-0.1, -0.05) is 12.1 Å². The molecule has 1 heterocycles. The molecule has 0 aliphatic carbocycles. The number of aromatic hydroxyl groups is 1. The maximum atomic E-state index is 11.0. The average Bonchev–Trinajstić information content (AvgIpc) is 2.12. The Balaban J connectivity index is 3.05. The number of pyridine rings is 1. The van der Waals surface area contributed by atoms with E-state index in [1.165, 1.54) is 12.1 Å². The van der Waals surface area contributed by atoms with Gasteiger partial charge in [-0.3, -0.25) is 4.79 Å². The normalized spacial score (nSPS) is 10.5. The van der Waals surface area contributed by atoms with Crippen molar-refractivity contribution < 1.29 is 10.3 Å². The number of hydrogen-bond donors (Lipinski definition) is 2. The Bertz CT molecular complexity index is 516. The average molecular weight is 177 g/mol. The summed E-state index contributed by atoms with van der Waals surface area (Å²) in [6.07, 6.45) is 0. The minimum Gasteiger partial charge on any atom is -0.506 e. The molecule has 0 fully saturated rings. The van der Waals surface area contributed by atoms with Crippen LogP contribution >= 0.6 is 0 Å². The maximum Gasteiger partial charge on any atom is 0.283 e. The molecule has 2 N–H and O–H groups in total. The lowest BCUT2D eigenvalue weighted by molar-refractivity contribution is 0.187. The van der Waals surface area contributed by atoms with Crippen molar-refractivity contribution in [3.8, 4) is 5.75 Å². The Morgan fingerprint density at radius 3 is 2.69 bits per heavy atom. The molecular weight excluding hydrogens is 170 g/mol. The lowest BCUT2D eigenvalue weighted by Gasteiger charge is -2.03. The first-order valence-electron chi connectivity index (χ1n) is 3.73. The largest absolute Gasteiger partial charge is 0.506 e. The topological polar surface area (TPSA) is 62.5 Å². The monoisotopic (exact) mass is 177 g/mol. The molecule has 13 heavy (non-hydrogen) atoms. The molecule has 0 unspecified atom stereocenters. The van der Waals surface area contributed by atoms with Crippen LogP contribution in [-0.4, -0.2) is 15.0 Å². The van der Waals surface area contributed by atoms with Crippen molar-refractivity contribution in [2.75, 3.05) is 0 Å². The third kappa shape index (κ3) is 1.03. The number of rotatable bonds is 0. The van der Waals surface area contributed by atoms with E-state index in [0.29, 0.717) is 10.1 Å². The molecule has 0 saturated carbocycles. The number of hydrogen-bond acceptors (Lipinski definition) is 3. The van der Waals surface area contributed by atoms with E-state index < -0.39 is 5.56 Å². The lowest BCUT2D eigenvalue weighted by atomic mass is 10.2. The second-order valence-electron chi connectivity index (χ2n) is 2.70. The number of nitrogens with zero attached hydrogens (tertiary/aromatic N) is 1. The Morgan fingerprint density at radius 1 is 1.15 bits per heavy atom. The van der Waals surface area contributed by atoms with Crippen LogP contribution in [0.4, 0.5) is 0 Å². The van der Waals surface area contributed by atoms with Crippen LogP contribution in [0, 0.1) is 0 Å². The third-order valence-corrected chi connectivity index (χ3v) is 1.87. The number of fused-ring (bicyclic) bond motifs is 1. The predicted molar refractivity (Wildman–Crippen MR) is 47.1 cm³/mol. The number of aromatic nitrogens is 1. The summed E-state index contributed by atoms with van der Waals surface area (Å²) >= 11 is 0. The Kier molecular flexibility index (Phi) is 1.48. The van der Waals surface area contributed by atoms with Gasteiger partial charge in [0.05, 0.1) is 0 Å². The SMILES string of the molecule is O=c1ccc2cccc(O)c2n1O. The number of benzene rings is 1. The third-order valence-electron chi connectivity index (χ3n) is 1.87. The fraction of sp³-hybridized carbons (Fsp3) is 0. The molecule has 0 spiro atoms. The van der Waals surface area contributed by atoms with E-state index in [-0.39, 0.29) is 11.3 Å². The van der Waals surface area contributed by atoms with Crippen molar-refractivity contribution in [2.45, 2.75) is 0 Å². The first kappa shape index (κ1) is 7.67. The van der Waals surface area contributed by atoms with Crippen LogP contribution in [0.1, 0.15) is 0 Å². The van der Waals surface area contributed by atoms with Crippen LogP contribution in [0.2, 0.25) is 0 Å². The summed E-state index contributed by atoms with van der Waals surface area (Å²) in [5.41, 5.74) is -0.427. The summed E-state index contributed by atoms with van der Waals surface area (Å²) in [5.74, 6) is -0.113. The van der Waals surface area contributed by atoms with Crippen molar-refractivity contribution in [2.24, 2.45) is 0 Å². The molecule has 0 aliphatic heterocycles. The molecule has 66 valence electrons. The molecule has 0 bridgehead atoms. The number of phenolic OH excluding ortho intramolecular Hbond substituents is 1. The minimum absolute atomic E-state index is 0.113. The maximum absolute atomic E-state index is 11.0. The van der Waals surface area contributed by atoms with E-state index in [2.05, 4.69) is 0 Å². The van der Waals surface area contributed by atoms with Crippen molar-refractivity contribution in [1.29, 1.82) is 0 Å². The molecule has 0 aliphatic rings. The van der Waals surface area contributed by atoms with Crippen molar-refractivity contribution in [1.82, 2.24) is 4.73 Å². The fourth-order valence-electron chi connectivity index (χ4n) is 1.26. The van der Waals surface area contributed by atoms with Crippen molar-refractivity contribution >= 4 is 10.9 Å². The van der Waals surface area contributed by atoms with E-state index >= 15 is 0 Å². The van der Waals surface area contributed by atoms with Crippen LogP contribution in [0.25, 0.3) is 10.9 Å². The van der Waals surface area contributed by atoms with Gasteiger partial charge in [-0.15, -0.1) is 4.73 Å². The highest BCUT2D eigenvalue weighted by Crippen LogP contribution is 2.21. The molecule has 4 heteroatoms. The second-order valence-corrected chi connectivity index (χ2v) is 2.70. The van der Waals surface area contributed by atoms with Gasteiger partial charge in [0, 0.05) is 11.5 Å². The standard InChI is InChI=1S/C9H7NO3/c11-7-3-1-2-6-4-5-8(12)10(13)9(6)7/h1-5,11,13H. The molecule has 0 radical (unpaired) electrons. The van der Waals surface area contributed by atoms with Crippen molar-refractivity contribution in [3.05, 3.63) is 40.7 Å². The molecule has 0 atom stereocenters. The molecule has 1 aromatic heterocycles. The molecule has 0 saturated heterocycles. The van der Waals surface area contributed by atoms with Gasteiger partial charge in [-0.05, 0) is 12.1 Å². The van der Waals surface area contributed by atoms with Gasteiger partial charge in [-0.25, -0.2) is 0 Å². The summed E-state index contributed by atoms with van der Waals surface area (Å²) in [6, 6.07) is 7.53. The first-order valence-corrected chi connectivity index (χ1v) is 3.73. The van der Waals surface area contributed by atoms with E-state index in [1.54, 1.807) is 18.2 Å². The first-order chi connectivity index (χ1) is 6.20. The molecular formula is C9H7NO3. The number of para-hydroxylation sites is 1. The highest BCUT2D eigenvalue weighted by molar-refractivity contribution is 5.84. The smallest absolute Gasteiger partial charge is 0.283 e. The summed E-state index contributed by atoms with van der Waals surface area (Å²) < 4.78 is 0.435. The predicted octanol–water partition coefficient (Wildman–Crippen LogP) is 0.944. The Labute approximate surface area is 73.2 Å². The van der Waals surface area contributed by atoms with E-state index in [0.717, 1.165) is 0 Å². The summed E-state index contributed by atoms with van der Waals surface area (Å²) in [5, 5.41) is 19.3. The highest BCUT2D eigenvalue weighted by atomic mass is 16.5. The van der Waals surface area contributed by atoms with E-state index in [9.17, 15) is 15.1 Å². The van der Waals surface area contributed by atoms with Gasteiger partial charge < -0.3 is 10.3 Å². The highest BCUT2D eigenvalue weighted by Gasteiger charge is 2.04. The summed E-state index contributed by atoms with van der Waals surface area (Å²) in [7, 11) is 0. The van der Waals surface area contributed by atoms with E-state index in [4.69, 9.17) is 0 Å². The lowest BCUT2D eigenvalue weighted by Crippen LogP contribution is -2.16. The van der Waals surface area contributed by atoms with Gasteiger partial charge in [0.15, 0.2) is 0 Å². The zero-order valence-corrected chi connectivity index (χ0v) is 6.64. The van der Waals surface area contributed by atoms with Crippen LogP contribution in [0.15, 0.2) is 35.1 Å². The number of phenols is 1. The van der Waals surface area contributed by atoms with Crippen LogP contribution < -0.4 is 5.56 Å². The molecule has 1 aromatic carbocycles. The second kappa shape index (κ2) is 2.52. The molecule has 2 rings (SSSR count). The minimum atomic E-state index is -0.561. The molecule has 0 amide bonds. The van der Waals surface area contributed by atoms with Gasteiger partial charge in [0.2, 0.25) is 0 Å². The Hall–Kier alpha value is -1.97. The quantitative estimate of drug-likeness (QED) is 0.589. The van der Waals surface area contributed by atoms with Crippen LogP contribution in [0.5, 0.6) is 5.75 Å². The van der Waals surface area contributed by atoms with E-state index in [1.807, 2.05) is 0 Å². The summed E-state index contributed by atoms with van der Waals surface area (Å²) in [4.78, 5) is 11.0. The van der Waals surface area contributed by atoms with Gasteiger partial charge in [-0.2, -0.15) is 0 Å². The van der Waals surface area contributed by atoms with Crippen LogP contribution in [-0.2, 0) is 0 Å². The fourth-order valence-corrected chi connectivity index (χ4v) is 1.26. The Morgan fingerprint density at radius 2 is 1.92 bits per heavy atom. The van der Waals surface area contributed by atoms with Gasteiger partial charge in [0.25, 0.3) is 5.56 Å². The van der Waals surface area contributed by atoms with Gasteiger partial charge in [0.1, 0.15) is 11.3 Å². The zero-order chi connectivity index (χ0) is 9.42. The zero-order valence-electron chi connectivity index (χ0n) is 6.64. The molecule has 4 nitrogen and oxygen atoms in total.